The Morgan fingerprint density at radius 1 is 1.00 bits per heavy atom. The summed E-state index contributed by atoms with van der Waals surface area (Å²) in [4.78, 5) is 12.2. The van der Waals surface area contributed by atoms with Crippen LogP contribution in [0.4, 0.5) is 10.5 Å². The van der Waals surface area contributed by atoms with E-state index in [0.29, 0.717) is 5.56 Å². The number of hydrogen-bond donors (Lipinski definition) is 5. The summed E-state index contributed by atoms with van der Waals surface area (Å²) in [6.45, 7) is 0.321. The molecule has 1 aliphatic carbocycles. The number of fused-ring (bicyclic) bond motifs is 3. The van der Waals surface area contributed by atoms with Gasteiger partial charge in [-0.3, -0.25) is 0 Å². The first-order chi connectivity index (χ1) is 15.5. The third kappa shape index (κ3) is 4.39. The quantitative estimate of drug-likeness (QED) is 0.364. The maximum absolute atomic E-state index is 12.2. The monoisotopic (exact) mass is 434 g/mol. The van der Waals surface area contributed by atoms with E-state index in [2.05, 4.69) is 17.4 Å². The van der Waals surface area contributed by atoms with E-state index in [0.717, 1.165) is 22.3 Å². The summed E-state index contributed by atoms with van der Waals surface area (Å²) >= 11 is 0. The minimum atomic E-state index is -1.24. The van der Waals surface area contributed by atoms with Crippen LogP contribution in [0.3, 0.4) is 0 Å². The van der Waals surface area contributed by atoms with Gasteiger partial charge in [0, 0.05) is 29.8 Å². The van der Waals surface area contributed by atoms with Crippen molar-refractivity contribution in [3.05, 3.63) is 83.4 Å². The molecule has 0 radical (unpaired) electrons. The van der Waals surface area contributed by atoms with Gasteiger partial charge in [-0.1, -0.05) is 54.6 Å². The van der Waals surface area contributed by atoms with Gasteiger partial charge in [0.15, 0.2) is 0 Å². The largest absolute Gasteiger partial charge is 0.508 e. The number of aromatic hydroxyl groups is 1. The molecule has 6 N–H and O–H groups in total. The molecule has 0 aliphatic heterocycles. The lowest BCUT2D eigenvalue weighted by Crippen LogP contribution is -2.30. The fourth-order valence-corrected chi connectivity index (χ4v) is 4.17. The highest BCUT2D eigenvalue weighted by Crippen LogP contribution is 2.44. The number of benzene rings is 3. The second-order valence-electron chi connectivity index (χ2n) is 7.87. The fraction of sp³-hybridized carbons (Fsp3) is 0.240. The second-order valence-corrected chi connectivity index (χ2v) is 7.87. The van der Waals surface area contributed by atoms with Gasteiger partial charge >= 0.3 is 6.09 Å². The molecule has 0 fully saturated rings. The summed E-state index contributed by atoms with van der Waals surface area (Å²) in [5.41, 5.74) is 10.9. The van der Waals surface area contributed by atoms with Crippen LogP contribution in [0.2, 0.25) is 0 Å². The van der Waals surface area contributed by atoms with Gasteiger partial charge in [0.25, 0.3) is 0 Å². The molecule has 2 atom stereocenters. The lowest BCUT2D eigenvalue weighted by molar-refractivity contribution is 0.0140. The molecule has 1 aliphatic rings. The number of anilines is 1. The van der Waals surface area contributed by atoms with E-state index in [-0.39, 0.29) is 36.9 Å². The number of phenols is 1. The van der Waals surface area contributed by atoms with E-state index in [4.69, 9.17) is 10.5 Å². The van der Waals surface area contributed by atoms with Crippen molar-refractivity contribution in [3.63, 3.8) is 0 Å². The number of nitrogens with one attached hydrogen (secondary N) is 1. The van der Waals surface area contributed by atoms with Crippen LogP contribution in [-0.4, -0.2) is 40.7 Å². The molecule has 7 nitrogen and oxygen atoms in total. The van der Waals surface area contributed by atoms with Crippen molar-refractivity contribution in [1.82, 2.24) is 5.32 Å². The van der Waals surface area contributed by atoms with Crippen molar-refractivity contribution in [1.29, 1.82) is 0 Å². The van der Waals surface area contributed by atoms with Crippen LogP contribution in [0.5, 0.6) is 5.75 Å². The molecule has 7 heteroatoms. The van der Waals surface area contributed by atoms with E-state index in [1.54, 1.807) is 0 Å². The zero-order chi connectivity index (χ0) is 22.7. The topological polar surface area (TPSA) is 125 Å². The molecule has 0 saturated heterocycles. The zero-order valence-electron chi connectivity index (χ0n) is 17.4. The van der Waals surface area contributed by atoms with Crippen molar-refractivity contribution < 1.29 is 24.9 Å². The highest BCUT2D eigenvalue weighted by Gasteiger charge is 2.29. The number of amides is 1. The molecule has 0 aromatic heterocycles. The summed E-state index contributed by atoms with van der Waals surface area (Å²) in [5, 5.41) is 32.6. The maximum Gasteiger partial charge on any atom is 0.407 e. The molecule has 0 spiro atoms. The van der Waals surface area contributed by atoms with Crippen LogP contribution in [-0.2, 0) is 4.74 Å². The first kappa shape index (κ1) is 21.7. The number of rotatable bonds is 7. The number of carbonyl (C=O) groups is 1. The summed E-state index contributed by atoms with van der Waals surface area (Å²) < 4.78 is 5.46. The van der Waals surface area contributed by atoms with Gasteiger partial charge in [0.05, 0.1) is 6.10 Å². The molecular formula is C25H26N2O5. The third-order valence-electron chi connectivity index (χ3n) is 5.81. The van der Waals surface area contributed by atoms with E-state index < -0.39 is 18.3 Å². The van der Waals surface area contributed by atoms with Gasteiger partial charge in [-0.25, -0.2) is 4.79 Å². The van der Waals surface area contributed by atoms with E-state index in [1.165, 1.54) is 18.2 Å². The van der Waals surface area contributed by atoms with Crippen LogP contribution < -0.4 is 11.1 Å². The van der Waals surface area contributed by atoms with E-state index in [1.807, 2.05) is 36.4 Å². The number of nitrogens with two attached hydrogens (primary N) is 1. The SMILES string of the molecule is Nc1cc(O)ccc1C(O)C(O)CCNC(=O)OCC1c2ccccc2-c2ccccc21. The zero-order valence-corrected chi connectivity index (χ0v) is 17.4. The molecule has 4 rings (SSSR count). The van der Waals surface area contributed by atoms with Crippen molar-refractivity contribution in [3.8, 4) is 16.9 Å². The molecule has 0 bridgehead atoms. The Balaban J connectivity index is 1.29. The average Bonchev–Trinajstić information content (AvgIpc) is 3.11. The number of carbonyl (C=O) groups excluding carboxylic acids is 1. The number of aliphatic hydroxyl groups excluding tert-OH is 2. The fourth-order valence-electron chi connectivity index (χ4n) is 4.17. The Bertz CT molecular complexity index is 1070. The molecule has 3 aromatic carbocycles. The smallest absolute Gasteiger partial charge is 0.407 e. The standard InChI is InChI=1S/C25H26N2O5/c26-22-13-15(28)9-10-20(22)24(30)23(29)11-12-27-25(31)32-14-21-18-7-3-1-5-16(18)17-6-2-4-8-19(17)21/h1-10,13,21,23-24,28-30H,11-12,14,26H2,(H,27,31). The molecule has 0 heterocycles. The van der Waals surface area contributed by atoms with Crippen LogP contribution in [0.1, 0.15) is 35.1 Å². The van der Waals surface area contributed by atoms with Crippen molar-refractivity contribution in [2.24, 2.45) is 0 Å². The van der Waals surface area contributed by atoms with E-state index >= 15 is 0 Å². The van der Waals surface area contributed by atoms with Crippen LogP contribution >= 0.6 is 0 Å². The van der Waals surface area contributed by atoms with Gasteiger partial charge in [0.1, 0.15) is 18.5 Å². The van der Waals surface area contributed by atoms with Crippen LogP contribution in [0.15, 0.2) is 66.7 Å². The normalized spacial score (nSPS) is 14.3. The number of alkyl carbamates (subject to hydrolysis) is 1. The Morgan fingerprint density at radius 2 is 1.62 bits per heavy atom. The number of aliphatic hydroxyl groups is 2. The van der Waals surface area contributed by atoms with Gasteiger partial charge < -0.3 is 31.1 Å². The lowest BCUT2D eigenvalue weighted by atomic mass is 9.98. The summed E-state index contributed by atoms with van der Waals surface area (Å²) in [7, 11) is 0. The van der Waals surface area contributed by atoms with Gasteiger partial charge in [0.2, 0.25) is 0 Å². The molecule has 166 valence electrons. The minimum Gasteiger partial charge on any atom is -0.508 e. The van der Waals surface area contributed by atoms with Crippen molar-refractivity contribution in [2.75, 3.05) is 18.9 Å². The number of hydrogen-bond acceptors (Lipinski definition) is 6. The predicted octanol–water partition coefficient (Wildman–Crippen LogP) is 3.30. The van der Waals surface area contributed by atoms with Gasteiger partial charge in [-0.2, -0.15) is 0 Å². The third-order valence-corrected chi connectivity index (χ3v) is 5.81. The second kappa shape index (κ2) is 9.30. The summed E-state index contributed by atoms with van der Waals surface area (Å²) in [5.74, 6) is -0.0529. The first-order valence-corrected chi connectivity index (χ1v) is 10.5. The minimum absolute atomic E-state index is 0.0233. The highest BCUT2D eigenvalue weighted by atomic mass is 16.5. The Hall–Kier alpha value is -3.55. The number of ether oxygens (including phenoxy) is 1. The highest BCUT2D eigenvalue weighted by molar-refractivity contribution is 5.79. The van der Waals surface area contributed by atoms with Crippen molar-refractivity contribution in [2.45, 2.75) is 24.5 Å². The Labute approximate surface area is 186 Å². The molecule has 2 unspecified atom stereocenters. The first-order valence-electron chi connectivity index (χ1n) is 10.5. The number of nitrogen functional groups attached to an aromatic ring is 1. The molecular weight excluding hydrogens is 408 g/mol. The Morgan fingerprint density at radius 3 is 2.25 bits per heavy atom. The molecule has 0 saturated carbocycles. The average molecular weight is 434 g/mol. The molecule has 1 amide bonds. The van der Waals surface area contributed by atoms with Gasteiger partial charge in [-0.05, 0) is 34.7 Å². The molecule has 32 heavy (non-hydrogen) atoms. The number of phenolic OH excluding ortho intramolecular Hbond substituents is 1. The van der Waals surface area contributed by atoms with Crippen molar-refractivity contribution >= 4 is 11.8 Å². The van der Waals surface area contributed by atoms with Crippen LogP contribution in [0.25, 0.3) is 11.1 Å². The summed E-state index contributed by atoms with van der Waals surface area (Å²) in [6, 6.07) is 20.3. The predicted molar refractivity (Wildman–Crippen MR) is 121 cm³/mol. The Kier molecular flexibility index (Phi) is 6.30. The van der Waals surface area contributed by atoms with Gasteiger partial charge in [-0.15, -0.1) is 0 Å². The maximum atomic E-state index is 12.2. The summed E-state index contributed by atoms with van der Waals surface area (Å²) in [6.07, 6.45) is -2.86. The van der Waals surface area contributed by atoms with Crippen LogP contribution in [0, 0.1) is 0 Å². The van der Waals surface area contributed by atoms with E-state index in [9.17, 15) is 20.1 Å². The molecule has 3 aromatic rings. The lowest BCUT2D eigenvalue weighted by Gasteiger charge is -2.20.